The molecule has 1 heterocycles. The highest BCUT2D eigenvalue weighted by atomic mass is 15.2. The minimum Gasteiger partial charge on any atom is -0.354 e. The third kappa shape index (κ3) is 3.95. The zero-order valence-electron chi connectivity index (χ0n) is 12.3. The van der Waals surface area contributed by atoms with Crippen LogP contribution in [0.5, 0.6) is 0 Å². The Morgan fingerprint density at radius 2 is 1.89 bits per heavy atom. The highest BCUT2D eigenvalue weighted by Crippen LogP contribution is 2.19. The lowest BCUT2D eigenvalue weighted by Gasteiger charge is -2.28. The smallest absolute Gasteiger partial charge is 0.133 e. The van der Waals surface area contributed by atoms with Crippen molar-refractivity contribution in [1.29, 1.82) is 0 Å². The predicted octanol–water partition coefficient (Wildman–Crippen LogP) is 2.47. The van der Waals surface area contributed by atoms with Crippen molar-refractivity contribution in [3.63, 3.8) is 0 Å². The molecule has 1 rings (SSSR count). The normalized spacial score (nSPS) is 11.3. The molecule has 0 saturated carbocycles. The van der Waals surface area contributed by atoms with Gasteiger partial charge in [-0.15, -0.1) is 0 Å². The van der Waals surface area contributed by atoms with Gasteiger partial charge in [0.1, 0.15) is 11.6 Å². The Balaban J connectivity index is 3.03. The number of nitrogens with two attached hydrogens (primary N) is 1. The summed E-state index contributed by atoms with van der Waals surface area (Å²) in [5.74, 6) is 2.30. The van der Waals surface area contributed by atoms with Crippen LogP contribution in [0.25, 0.3) is 0 Å². The van der Waals surface area contributed by atoms with Gasteiger partial charge in [-0.05, 0) is 33.7 Å². The topological polar surface area (TPSA) is 55.0 Å². The summed E-state index contributed by atoms with van der Waals surface area (Å²) in [6.07, 6.45) is 0.984. The van der Waals surface area contributed by atoms with Crippen LogP contribution >= 0.6 is 0 Å². The second-order valence-corrected chi connectivity index (χ2v) is 5.31. The van der Waals surface area contributed by atoms with Crippen molar-refractivity contribution in [1.82, 2.24) is 9.97 Å². The van der Waals surface area contributed by atoms with Crippen LogP contribution < -0.4 is 10.6 Å². The lowest BCUT2D eigenvalue weighted by atomic mass is 10.2. The van der Waals surface area contributed by atoms with Gasteiger partial charge in [-0.3, -0.25) is 0 Å². The van der Waals surface area contributed by atoms with Gasteiger partial charge >= 0.3 is 0 Å². The zero-order chi connectivity index (χ0) is 13.7. The SMILES string of the molecule is Cc1cc(N(CCCN)C(C)C)nc(C(C)C)n1. The van der Waals surface area contributed by atoms with Gasteiger partial charge in [0.15, 0.2) is 0 Å². The molecule has 0 aromatic carbocycles. The maximum absolute atomic E-state index is 5.60. The second-order valence-electron chi connectivity index (χ2n) is 5.31. The number of aromatic nitrogens is 2. The highest BCUT2D eigenvalue weighted by molar-refractivity contribution is 5.41. The molecule has 0 saturated heterocycles. The Hall–Kier alpha value is -1.16. The van der Waals surface area contributed by atoms with Crippen molar-refractivity contribution in [2.24, 2.45) is 5.73 Å². The number of hydrogen-bond donors (Lipinski definition) is 1. The van der Waals surface area contributed by atoms with Gasteiger partial charge in [-0.25, -0.2) is 9.97 Å². The van der Waals surface area contributed by atoms with Gasteiger partial charge in [-0.2, -0.15) is 0 Å². The largest absolute Gasteiger partial charge is 0.354 e. The second kappa shape index (κ2) is 6.69. The molecular formula is C14H26N4. The van der Waals surface area contributed by atoms with Gasteiger partial charge in [0.25, 0.3) is 0 Å². The Morgan fingerprint density at radius 1 is 1.22 bits per heavy atom. The van der Waals surface area contributed by atoms with Crippen LogP contribution in [0.15, 0.2) is 6.07 Å². The quantitative estimate of drug-likeness (QED) is 0.842. The highest BCUT2D eigenvalue weighted by Gasteiger charge is 2.14. The molecule has 0 amide bonds. The van der Waals surface area contributed by atoms with Crippen LogP contribution in [-0.2, 0) is 0 Å². The van der Waals surface area contributed by atoms with Gasteiger partial charge in [-0.1, -0.05) is 13.8 Å². The van der Waals surface area contributed by atoms with Crippen molar-refractivity contribution in [2.45, 2.75) is 53.0 Å². The number of rotatable bonds is 6. The van der Waals surface area contributed by atoms with Gasteiger partial charge in [0, 0.05) is 30.3 Å². The molecule has 1 aromatic heterocycles. The van der Waals surface area contributed by atoms with Crippen molar-refractivity contribution >= 4 is 5.82 Å². The first-order valence-electron chi connectivity index (χ1n) is 6.78. The third-order valence-electron chi connectivity index (χ3n) is 2.90. The zero-order valence-corrected chi connectivity index (χ0v) is 12.3. The van der Waals surface area contributed by atoms with E-state index in [4.69, 9.17) is 5.73 Å². The Bertz CT molecular complexity index is 374. The molecule has 0 aliphatic carbocycles. The molecule has 4 nitrogen and oxygen atoms in total. The van der Waals surface area contributed by atoms with Crippen molar-refractivity contribution in [2.75, 3.05) is 18.0 Å². The van der Waals surface area contributed by atoms with E-state index in [0.29, 0.717) is 18.5 Å². The molecule has 0 aliphatic heterocycles. The van der Waals surface area contributed by atoms with Crippen LogP contribution in [0.1, 0.15) is 51.6 Å². The average molecular weight is 250 g/mol. The first-order valence-corrected chi connectivity index (χ1v) is 6.78. The van der Waals surface area contributed by atoms with Crippen LogP contribution in [0.3, 0.4) is 0 Å². The van der Waals surface area contributed by atoms with Crippen molar-refractivity contribution < 1.29 is 0 Å². The fourth-order valence-corrected chi connectivity index (χ4v) is 1.88. The average Bonchev–Trinajstić information content (AvgIpc) is 2.28. The van der Waals surface area contributed by atoms with Crippen LogP contribution in [0.4, 0.5) is 5.82 Å². The molecule has 0 spiro atoms. The molecule has 18 heavy (non-hydrogen) atoms. The van der Waals surface area contributed by atoms with Crippen LogP contribution in [0.2, 0.25) is 0 Å². The molecule has 0 unspecified atom stereocenters. The molecule has 1 aromatic rings. The molecule has 0 fully saturated rings. The van der Waals surface area contributed by atoms with Crippen LogP contribution in [0, 0.1) is 6.92 Å². The van der Waals surface area contributed by atoms with Crippen molar-refractivity contribution in [3.05, 3.63) is 17.6 Å². The van der Waals surface area contributed by atoms with E-state index >= 15 is 0 Å². The molecule has 0 atom stereocenters. The Labute approximate surface area is 111 Å². The van der Waals surface area contributed by atoms with E-state index in [-0.39, 0.29) is 0 Å². The Morgan fingerprint density at radius 3 is 2.39 bits per heavy atom. The number of nitrogens with zero attached hydrogens (tertiary/aromatic N) is 3. The summed E-state index contributed by atoms with van der Waals surface area (Å²) in [5, 5.41) is 0. The molecule has 4 heteroatoms. The molecule has 0 aliphatic rings. The molecule has 2 N–H and O–H groups in total. The van der Waals surface area contributed by atoms with E-state index in [1.165, 1.54) is 0 Å². The lowest BCUT2D eigenvalue weighted by molar-refractivity contribution is 0.640. The van der Waals surface area contributed by atoms with Gasteiger partial charge in [0.2, 0.25) is 0 Å². The van der Waals surface area contributed by atoms with Crippen molar-refractivity contribution in [3.8, 4) is 0 Å². The summed E-state index contributed by atoms with van der Waals surface area (Å²) < 4.78 is 0. The van der Waals surface area contributed by atoms with E-state index in [9.17, 15) is 0 Å². The van der Waals surface area contributed by atoms with E-state index in [1.54, 1.807) is 0 Å². The standard InChI is InChI=1S/C14H26N4/c1-10(2)14-16-12(5)9-13(17-14)18(11(3)4)8-6-7-15/h9-11H,6-8,15H2,1-5H3. The van der Waals surface area contributed by atoms with E-state index in [0.717, 1.165) is 30.3 Å². The Kier molecular flexibility index (Phi) is 5.54. The molecule has 0 bridgehead atoms. The predicted molar refractivity (Wildman–Crippen MR) is 77.0 cm³/mol. The summed E-state index contributed by atoms with van der Waals surface area (Å²) >= 11 is 0. The fourth-order valence-electron chi connectivity index (χ4n) is 1.88. The summed E-state index contributed by atoms with van der Waals surface area (Å²) in [6.45, 7) is 12.3. The number of aryl methyl sites for hydroxylation is 1. The van der Waals surface area contributed by atoms with E-state index in [1.807, 2.05) is 6.92 Å². The lowest BCUT2D eigenvalue weighted by Crippen LogP contribution is -2.34. The van der Waals surface area contributed by atoms with Gasteiger partial charge < -0.3 is 10.6 Å². The first-order chi connectivity index (χ1) is 8.45. The number of anilines is 1. The maximum Gasteiger partial charge on any atom is 0.133 e. The number of hydrogen-bond acceptors (Lipinski definition) is 4. The molecule has 102 valence electrons. The summed E-state index contributed by atoms with van der Waals surface area (Å²) in [6, 6.07) is 2.48. The first kappa shape index (κ1) is 14.9. The minimum atomic E-state index is 0.354. The molecular weight excluding hydrogens is 224 g/mol. The van der Waals surface area contributed by atoms with Gasteiger partial charge in [0.05, 0.1) is 0 Å². The fraction of sp³-hybridized carbons (Fsp3) is 0.714. The molecule has 0 radical (unpaired) electrons. The maximum atomic E-state index is 5.60. The summed E-state index contributed by atoms with van der Waals surface area (Å²) in [5.41, 5.74) is 6.63. The van der Waals surface area contributed by atoms with E-state index < -0.39 is 0 Å². The third-order valence-corrected chi connectivity index (χ3v) is 2.90. The monoisotopic (exact) mass is 250 g/mol. The minimum absolute atomic E-state index is 0.354. The summed E-state index contributed by atoms with van der Waals surface area (Å²) in [7, 11) is 0. The summed E-state index contributed by atoms with van der Waals surface area (Å²) in [4.78, 5) is 11.5. The van der Waals surface area contributed by atoms with E-state index in [2.05, 4.69) is 48.6 Å². The van der Waals surface area contributed by atoms with Crippen LogP contribution in [-0.4, -0.2) is 29.1 Å².